The minimum absolute atomic E-state index is 0. The molecule has 1 fully saturated rings. The molecule has 2 aliphatic heterocycles. The highest BCUT2D eigenvalue weighted by Crippen LogP contribution is 2.42. The van der Waals surface area contributed by atoms with E-state index in [1.807, 2.05) is 42.5 Å². The highest BCUT2D eigenvalue weighted by molar-refractivity contribution is 6.32. The number of fused-ring (bicyclic) bond motifs is 1. The number of piperidine rings is 1. The third kappa shape index (κ3) is 7.50. The van der Waals surface area contributed by atoms with E-state index in [0.29, 0.717) is 11.6 Å². The Hall–Kier alpha value is -2.88. The fraction of sp³-hybridized carbons (Fsp3) is 0.367. The fourth-order valence-electron chi connectivity index (χ4n) is 5.18. The van der Waals surface area contributed by atoms with Crippen molar-refractivity contribution in [2.24, 2.45) is 0 Å². The van der Waals surface area contributed by atoms with Gasteiger partial charge in [0.15, 0.2) is 0 Å². The average Bonchev–Trinajstić information content (AvgIpc) is 3.29. The number of rotatable bonds is 10. The molecule has 0 saturated carbocycles. The van der Waals surface area contributed by atoms with Crippen LogP contribution in [0.25, 0.3) is 0 Å². The summed E-state index contributed by atoms with van der Waals surface area (Å²) >= 11 is 12.4. The number of likely N-dealkylation sites (tertiary alicyclic amines) is 1. The largest absolute Gasteiger partial charge is 0.497 e. The fourth-order valence-corrected chi connectivity index (χ4v) is 5.59. The SMILES string of the molecule is COc1ccc(COc2cc(OC[C@H](O)CN3CCC4(CC3)Cc3cc(Cl)ccc3O4)c(C(=O)O)cc2Cl)cc1.Cl. The van der Waals surface area contributed by atoms with Gasteiger partial charge in [-0.15, -0.1) is 12.4 Å². The summed E-state index contributed by atoms with van der Waals surface area (Å²) in [7, 11) is 1.59. The molecule has 2 heterocycles. The van der Waals surface area contributed by atoms with Gasteiger partial charge in [-0.2, -0.15) is 0 Å². The van der Waals surface area contributed by atoms with E-state index in [-0.39, 0.29) is 53.3 Å². The lowest BCUT2D eigenvalue weighted by Gasteiger charge is -2.39. The number of hydrogen-bond acceptors (Lipinski definition) is 7. The van der Waals surface area contributed by atoms with Gasteiger partial charge in [0.25, 0.3) is 0 Å². The van der Waals surface area contributed by atoms with E-state index in [9.17, 15) is 15.0 Å². The second-order valence-corrected chi connectivity index (χ2v) is 11.0. The normalized spacial score (nSPS) is 16.3. The number of carbonyl (C=O) groups is 1. The highest BCUT2D eigenvalue weighted by atomic mass is 35.5. The maximum absolute atomic E-state index is 11.8. The number of aliphatic hydroxyl groups is 1. The molecule has 41 heavy (non-hydrogen) atoms. The number of aliphatic hydroxyl groups excluding tert-OH is 1. The van der Waals surface area contributed by atoms with E-state index in [0.717, 1.165) is 55.0 Å². The number of methoxy groups -OCH3 is 1. The van der Waals surface area contributed by atoms with Gasteiger partial charge in [0.1, 0.15) is 53.5 Å². The number of carboxylic acid groups (broad SMARTS) is 1. The van der Waals surface area contributed by atoms with Crippen LogP contribution in [0.1, 0.15) is 34.3 Å². The van der Waals surface area contributed by atoms with Gasteiger partial charge in [-0.25, -0.2) is 4.79 Å². The molecule has 0 unspecified atom stereocenters. The van der Waals surface area contributed by atoms with Crippen molar-refractivity contribution in [1.29, 1.82) is 0 Å². The molecule has 220 valence electrons. The first-order valence-electron chi connectivity index (χ1n) is 13.1. The first-order chi connectivity index (χ1) is 19.2. The smallest absolute Gasteiger partial charge is 0.339 e. The van der Waals surface area contributed by atoms with Gasteiger partial charge < -0.3 is 34.1 Å². The zero-order valence-electron chi connectivity index (χ0n) is 22.5. The Labute approximate surface area is 255 Å². The Morgan fingerprint density at radius 3 is 2.46 bits per heavy atom. The van der Waals surface area contributed by atoms with E-state index in [2.05, 4.69) is 4.90 Å². The summed E-state index contributed by atoms with van der Waals surface area (Å²) in [4.78, 5) is 14.0. The van der Waals surface area contributed by atoms with Crippen molar-refractivity contribution in [3.63, 3.8) is 0 Å². The number of β-amino-alcohol motifs (C(OH)–C–C–N with tert-alkyl or cyclic N) is 1. The molecule has 0 aliphatic carbocycles. The van der Waals surface area contributed by atoms with E-state index in [4.69, 9.17) is 42.1 Å². The summed E-state index contributed by atoms with van der Waals surface area (Å²) in [5, 5.41) is 21.2. The van der Waals surface area contributed by atoms with Gasteiger partial charge in [0, 0.05) is 50.0 Å². The number of ether oxygens (including phenoxy) is 4. The summed E-state index contributed by atoms with van der Waals surface area (Å²) in [5.74, 6) is 0.805. The van der Waals surface area contributed by atoms with Gasteiger partial charge in [0.05, 0.1) is 12.1 Å². The molecule has 0 radical (unpaired) electrons. The van der Waals surface area contributed by atoms with Crippen LogP contribution in [0.15, 0.2) is 54.6 Å². The number of halogens is 3. The van der Waals surface area contributed by atoms with E-state index in [1.165, 1.54) is 12.1 Å². The summed E-state index contributed by atoms with van der Waals surface area (Å²) in [5.41, 5.74) is 1.69. The van der Waals surface area contributed by atoms with E-state index < -0.39 is 12.1 Å². The van der Waals surface area contributed by atoms with Crippen LogP contribution in [0, 0.1) is 0 Å². The second kappa shape index (κ2) is 13.4. The molecule has 0 bridgehead atoms. The van der Waals surface area contributed by atoms with Crippen LogP contribution in [0.2, 0.25) is 10.0 Å². The summed E-state index contributed by atoms with van der Waals surface area (Å²) < 4.78 is 23.1. The lowest BCUT2D eigenvalue weighted by atomic mass is 9.87. The zero-order valence-corrected chi connectivity index (χ0v) is 24.8. The molecule has 3 aromatic carbocycles. The van der Waals surface area contributed by atoms with E-state index >= 15 is 0 Å². The maximum atomic E-state index is 11.8. The molecule has 11 heteroatoms. The molecule has 2 aliphatic rings. The van der Waals surface area contributed by atoms with Crippen molar-refractivity contribution in [1.82, 2.24) is 4.90 Å². The Morgan fingerprint density at radius 2 is 1.78 bits per heavy atom. The Bertz CT molecular complexity index is 1360. The number of carboxylic acids is 1. The standard InChI is InChI=1S/C30H31Cl2NO7.ClH/c1-37-23-5-2-19(3-6-23)17-38-28-14-27(24(29(35)36)13-25(28)32)39-18-22(34)16-33-10-8-30(9-11-33)15-20-12-21(31)4-7-26(20)40-30;/h2-7,12-14,22,34H,8-11,15-18H2,1H3,(H,35,36);1H/t22-;/m1./s1. The highest BCUT2D eigenvalue weighted by Gasteiger charge is 2.42. The molecule has 0 amide bonds. The topological polar surface area (TPSA) is 97.7 Å². The summed E-state index contributed by atoms with van der Waals surface area (Å²) in [6.07, 6.45) is 1.68. The summed E-state index contributed by atoms with van der Waals surface area (Å²) in [6.45, 7) is 2.07. The lowest BCUT2D eigenvalue weighted by molar-refractivity contribution is -0.00204. The van der Waals surface area contributed by atoms with Gasteiger partial charge in [-0.3, -0.25) is 0 Å². The second-order valence-electron chi connectivity index (χ2n) is 10.2. The molecule has 1 saturated heterocycles. The van der Waals surface area contributed by atoms with Crippen molar-refractivity contribution >= 4 is 41.6 Å². The van der Waals surface area contributed by atoms with Crippen LogP contribution in [0.4, 0.5) is 0 Å². The lowest BCUT2D eigenvalue weighted by Crippen LogP contribution is -2.49. The third-order valence-electron chi connectivity index (χ3n) is 7.35. The van der Waals surface area contributed by atoms with Crippen LogP contribution in [0.5, 0.6) is 23.0 Å². The van der Waals surface area contributed by atoms with Gasteiger partial charge in [0.2, 0.25) is 0 Å². The Balaban J connectivity index is 0.00000387. The predicted octanol–water partition coefficient (Wildman–Crippen LogP) is 5.91. The Kier molecular flexibility index (Phi) is 10.2. The molecule has 2 N–H and O–H groups in total. The average molecular weight is 625 g/mol. The molecule has 3 aromatic rings. The van der Waals surface area contributed by atoms with Crippen LogP contribution in [-0.2, 0) is 13.0 Å². The van der Waals surface area contributed by atoms with Crippen LogP contribution in [0.3, 0.4) is 0 Å². The van der Waals surface area contributed by atoms with Gasteiger partial charge >= 0.3 is 5.97 Å². The van der Waals surface area contributed by atoms with Gasteiger partial charge in [-0.05, 0) is 47.5 Å². The predicted molar refractivity (Wildman–Crippen MR) is 159 cm³/mol. The first kappa shape index (κ1) is 31.1. The number of aromatic carboxylic acids is 1. The quantitative estimate of drug-likeness (QED) is 0.287. The molecular formula is C30H32Cl3NO7. The van der Waals surface area contributed by atoms with Gasteiger partial charge in [-0.1, -0.05) is 35.3 Å². The number of hydrogen-bond donors (Lipinski definition) is 2. The van der Waals surface area contributed by atoms with Crippen molar-refractivity contribution in [3.05, 3.63) is 81.3 Å². The van der Waals surface area contributed by atoms with Crippen LogP contribution < -0.4 is 18.9 Å². The molecule has 1 atom stereocenters. The zero-order chi connectivity index (χ0) is 28.3. The third-order valence-corrected chi connectivity index (χ3v) is 7.88. The Morgan fingerprint density at radius 1 is 1.05 bits per heavy atom. The summed E-state index contributed by atoms with van der Waals surface area (Å²) in [6, 6.07) is 15.9. The van der Waals surface area contributed by atoms with Crippen LogP contribution >= 0.6 is 35.6 Å². The maximum Gasteiger partial charge on any atom is 0.339 e. The molecule has 8 nitrogen and oxygen atoms in total. The first-order valence-corrected chi connectivity index (χ1v) is 13.8. The number of nitrogens with zero attached hydrogens (tertiary/aromatic N) is 1. The molecule has 5 rings (SSSR count). The molecular weight excluding hydrogens is 593 g/mol. The monoisotopic (exact) mass is 623 g/mol. The molecule has 0 aromatic heterocycles. The van der Waals surface area contributed by atoms with Crippen molar-refractivity contribution < 1.29 is 34.0 Å². The van der Waals surface area contributed by atoms with Crippen molar-refractivity contribution in [2.75, 3.05) is 33.4 Å². The van der Waals surface area contributed by atoms with Crippen molar-refractivity contribution in [2.45, 2.75) is 37.6 Å². The minimum Gasteiger partial charge on any atom is -0.497 e. The van der Waals surface area contributed by atoms with Crippen molar-refractivity contribution in [3.8, 4) is 23.0 Å². The van der Waals surface area contributed by atoms with E-state index in [1.54, 1.807) is 7.11 Å². The number of benzene rings is 3. The molecule has 1 spiro atoms. The minimum atomic E-state index is -1.19. The van der Waals surface area contributed by atoms with Crippen LogP contribution in [-0.4, -0.2) is 66.1 Å².